The first-order chi connectivity index (χ1) is 12.3. The number of pyridine rings is 2. The van der Waals surface area contributed by atoms with Crippen LogP contribution in [0.4, 0.5) is 0 Å². The SMILES string of the molecule is O=C(NCc1cccnc1)c1ccc(SCCN2CCCCC2)nc1. The van der Waals surface area contributed by atoms with Crippen LogP contribution in [0.5, 0.6) is 0 Å². The molecule has 25 heavy (non-hydrogen) atoms. The summed E-state index contributed by atoms with van der Waals surface area (Å²) in [5, 5.41) is 3.86. The molecule has 0 aliphatic carbocycles. The highest BCUT2D eigenvalue weighted by atomic mass is 32.2. The van der Waals surface area contributed by atoms with E-state index in [-0.39, 0.29) is 5.91 Å². The van der Waals surface area contributed by atoms with Gasteiger partial charge in [0.1, 0.15) is 0 Å². The highest BCUT2D eigenvalue weighted by molar-refractivity contribution is 7.99. The molecule has 0 unspecified atom stereocenters. The lowest BCUT2D eigenvalue weighted by atomic mass is 10.1. The van der Waals surface area contributed by atoms with Crippen molar-refractivity contribution in [1.82, 2.24) is 20.2 Å². The molecule has 3 rings (SSSR count). The molecule has 1 amide bonds. The van der Waals surface area contributed by atoms with Gasteiger partial charge < -0.3 is 10.2 Å². The van der Waals surface area contributed by atoms with Gasteiger partial charge >= 0.3 is 0 Å². The molecule has 0 atom stereocenters. The number of nitrogens with zero attached hydrogens (tertiary/aromatic N) is 3. The lowest BCUT2D eigenvalue weighted by Gasteiger charge is -2.25. The van der Waals surface area contributed by atoms with E-state index < -0.39 is 0 Å². The molecule has 0 radical (unpaired) electrons. The van der Waals surface area contributed by atoms with Crippen LogP contribution in [0.3, 0.4) is 0 Å². The van der Waals surface area contributed by atoms with Crippen molar-refractivity contribution >= 4 is 17.7 Å². The molecule has 0 aromatic carbocycles. The minimum Gasteiger partial charge on any atom is -0.348 e. The number of likely N-dealkylation sites (tertiary alicyclic amines) is 1. The summed E-state index contributed by atoms with van der Waals surface area (Å²) in [4.78, 5) is 23.1. The predicted molar refractivity (Wildman–Crippen MR) is 101 cm³/mol. The van der Waals surface area contributed by atoms with Crippen LogP contribution in [-0.2, 0) is 6.54 Å². The van der Waals surface area contributed by atoms with Crippen LogP contribution < -0.4 is 5.32 Å². The van der Waals surface area contributed by atoms with E-state index in [9.17, 15) is 4.79 Å². The van der Waals surface area contributed by atoms with Crippen molar-refractivity contribution in [3.05, 3.63) is 54.0 Å². The number of thioether (sulfide) groups is 1. The van der Waals surface area contributed by atoms with Crippen molar-refractivity contribution in [2.24, 2.45) is 0 Å². The van der Waals surface area contributed by atoms with Gasteiger partial charge in [-0.15, -0.1) is 11.8 Å². The third-order valence-electron chi connectivity index (χ3n) is 4.28. The number of carbonyl (C=O) groups is 1. The van der Waals surface area contributed by atoms with Crippen molar-refractivity contribution in [2.45, 2.75) is 30.8 Å². The Balaban J connectivity index is 1.42. The van der Waals surface area contributed by atoms with Crippen LogP contribution >= 0.6 is 11.8 Å². The van der Waals surface area contributed by atoms with E-state index in [2.05, 4.69) is 20.2 Å². The average molecular weight is 356 g/mol. The third kappa shape index (κ3) is 5.83. The number of rotatable bonds is 7. The lowest BCUT2D eigenvalue weighted by Crippen LogP contribution is -2.31. The Morgan fingerprint density at radius 3 is 2.76 bits per heavy atom. The molecule has 2 aromatic rings. The summed E-state index contributed by atoms with van der Waals surface area (Å²) >= 11 is 1.75. The molecule has 1 N–H and O–H groups in total. The quantitative estimate of drug-likeness (QED) is 0.773. The second-order valence-electron chi connectivity index (χ2n) is 6.18. The summed E-state index contributed by atoms with van der Waals surface area (Å²) in [6.07, 6.45) is 9.15. The molecule has 0 spiro atoms. The molecule has 2 aromatic heterocycles. The van der Waals surface area contributed by atoms with Crippen LogP contribution in [-0.4, -0.2) is 46.2 Å². The molecule has 1 aliphatic heterocycles. The fourth-order valence-corrected chi connectivity index (χ4v) is 3.70. The smallest absolute Gasteiger partial charge is 0.253 e. The number of hydrogen-bond acceptors (Lipinski definition) is 5. The maximum absolute atomic E-state index is 12.2. The van der Waals surface area contributed by atoms with E-state index in [1.165, 1.54) is 32.4 Å². The first-order valence-corrected chi connectivity index (χ1v) is 9.78. The summed E-state index contributed by atoms with van der Waals surface area (Å²) in [6.45, 7) is 4.03. The first-order valence-electron chi connectivity index (χ1n) is 8.79. The summed E-state index contributed by atoms with van der Waals surface area (Å²) in [5.41, 5.74) is 1.57. The van der Waals surface area contributed by atoms with Crippen LogP contribution in [0.25, 0.3) is 0 Å². The van der Waals surface area contributed by atoms with Crippen molar-refractivity contribution in [2.75, 3.05) is 25.4 Å². The van der Waals surface area contributed by atoms with Gasteiger partial charge in [0.05, 0.1) is 10.6 Å². The maximum atomic E-state index is 12.2. The second kappa shape index (κ2) is 9.53. The Morgan fingerprint density at radius 2 is 2.04 bits per heavy atom. The standard InChI is InChI=1S/C19H24N4OS/c24-19(22-14-16-5-4-8-20-13-16)17-6-7-18(21-15-17)25-12-11-23-9-2-1-3-10-23/h4-8,13,15H,1-3,9-12,14H2,(H,22,24). The van der Waals surface area contributed by atoms with Crippen LogP contribution in [0.1, 0.15) is 35.2 Å². The van der Waals surface area contributed by atoms with Gasteiger partial charge in [0, 0.05) is 37.4 Å². The van der Waals surface area contributed by atoms with E-state index in [1.54, 1.807) is 30.4 Å². The monoisotopic (exact) mass is 356 g/mol. The summed E-state index contributed by atoms with van der Waals surface area (Å²) in [5.74, 6) is 0.931. The average Bonchev–Trinajstić information content (AvgIpc) is 2.68. The minimum atomic E-state index is -0.110. The van der Waals surface area contributed by atoms with Gasteiger partial charge in [-0.2, -0.15) is 0 Å². The van der Waals surface area contributed by atoms with Crippen molar-refractivity contribution in [1.29, 1.82) is 0 Å². The number of nitrogens with one attached hydrogen (secondary N) is 1. The molecule has 0 saturated carbocycles. The maximum Gasteiger partial charge on any atom is 0.253 e. The van der Waals surface area contributed by atoms with Gasteiger partial charge in [-0.25, -0.2) is 4.98 Å². The Labute approximate surface area is 153 Å². The summed E-state index contributed by atoms with van der Waals surface area (Å²) in [6, 6.07) is 7.57. The molecule has 1 aliphatic rings. The molecule has 6 heteroatoms. The lowest BCUT2D eigenvalue weighted by molar-refractivity contribution is 0.0950. The number of piperidine rings is 1. The molecule has 132 valence electrons. The van der Waals surface area contributed by atoms with E-state index in [1.807, 2.05) is 24.3 Å². The zero-order valence-corrected chi connectivity index (χ0v) is 15.2. The normalized spacial score (nSPS) is 15.0. The highest BCUT2D eigenvalue weighted by Crippen LogP contribution is 2.17. The Morgan fingerprint density at radius 1 is 1.16 bits per heavy atom. The van der Waals surface area contributed by atoms with E-state index >= 15 is 0 Å². The fourth-order valence-electron chi connectivity index (χ4n) is 2.85. The highest BCUT2D eigenvalue weighted by Gasteiger charge is 2.10. The number of aromatic nitrogens is 2. The molecule has 1 saturated heterocycles. The van der Waals surface area contributed by atoms with Crippen LogP contribution in [0.15, 0.2) is 47.9 Å². The predicted octanol–water partition coefficient (Wildman–Crippen LogP) is 2.98. The molecular weight excluding hydrogens is 332 g/mol. The molecule has 3 heterocycles. The molecular formula is C19H24N4OS. The van der Waals surface area contributed by atoms with Crippen molar-refractivity contribution in [3.8, 4) is 0 Å². The number of hydrogen-bond donors (Lipinski definition) is 1. The largest absolute Gasteiger partial charge is 0.348 e. The first kappa shape index (κ1) is 17.9. The molecule has 0 bridgehead atoms. The van der Waals surface area contributed by atoms with E-state index in [0.717, 1.165) is 22.9 Å². The van der Waals surface area contributed by atoms with Crippen LogP contribution in [0, 0.1) is 0 Å². The molecule has 1 fully saturated rings. The van der Waals surface area contributed by atoms with Gasteiger partial charge in [0.25, 0.3) is 5.91 Å². The number of amides is 1. The van der Waals surface area contributed by atoms with Gasteiger partial charge in [-0.05, 0) is 49.7 Å². The fraction of sp³-hybridized carbons (Fsp3) is 0.421. The molecule has 5 nitrogen and oxygen atoms in total. The van der Waals surface area contributed by atoms with Crippen molar-refractivity contribution < 1.29 is 4.79 Å². The number of carbonyl (C=O) groups excluding carboxylic acids is 1. The van der Waals surface area contributed by atoms with E-state index in [0.29, 0.717) is 12.1 Å². The van der Waals surface area contributed by atoms with Gasteiger partial charge in [0.2, 0.25) is 0 Å². The minimum absolute atomic E-state index is 0.110. The Bertz CT molecular complexity index is 657. The van der Waals surface area contributed by atoms with Gasteiger partial charge in [0.15, 0.2) is 0 Å². The Hall–Kier alpha value is -1.92. The van der Waals surface area contributed by atoms with Gasteiger partial charge in [-0.1, -0.05) is 12.5 Å². The van der Waals surface area contributed by atoms with Crippen LogP contribution in [0.2, 0.25) is 0 Å². The summed E-state index contributed by atoms with van der Waals surface area (Å²) in [7, 11) is 0. The topological polar surface area (TPSA) is 58.1 Å². The zero-order valence-electron chi connectivity index (χ0n) is 14.4. The van der Waals surface area contributed by atoms with Crippen molar-refractivity contribution in [3.63, 3.8) is 0 Å². The van der Waals surface area contributed by atoms with Gasteiger partial charge in [-0.3, -0.25) is 9.78 Å². The Kier molecular flexibility index (Phi) is 6.82. The zero-order chi connectivity index (χ0) is 17.3. The second-order valence-corrected chi connectivity index (χ2v) is 7.30. The third-order valence-corrected chi connectivity index (χ3v) is 5.20. The summed E-state index contributed by atoms with van der Waals surface area (Å²) < 4.78 is 0. The van der Waals surface area contributed by atoms with E-state index in [4.69, 9.17) is 0 Å².